The lowest BCUT2D eigenvalue weighted by atomic mass is 9.93. The lowest BCUT2D eigenvalue weighted by molar-refractivity contribution is -0.192. The molecule has 0 saturated carbocycles. The van der Waals surface area contributed by atoms with Gasteiger partial charge in [0.15, 0.2) is 5.79 Å². The van der Waals surface area contributed by atoms with Crippen molar-refractivity contribution < 1.29 is 24.2 Å². The summed E-state index contributed by atoms with van der Waals surface area (Å²) in [5.74, 6) is -1.18. The van der Waals surface area contributed by atoms with Crippen molar-refractivity contribution in [3.05, 3.63) is 60.2 Å². The Morgan fingerprint density at radius 1 is 0.967 bits per heavy atom. The van der Waals surface area contributed by atoms with Crippen molar-refractivity contribution >= 4 is 23.3 Å². The zero-order valence-electron chi connectivity index (χ0n) is 16.4. The molecule has 8 heteroatoms. The van der Waals surface area contributed by atoms with Gasteiger partial charge in [-0.3, -0.25) is 9.69 Å². The highest BCUT2D eigenvalue weighted by atomic mass is 16.7. The van der Waals surface area contributed by atoms with Crippen molar-refractivity contribution in [1.29, 1.82) is 0 Å². The largest absolute Gasteiger partial charge is 0.359 e. The number of likely N-dealkylation sites (tertiary alicyclic amines) is 1. The van der Waals surface area contributed by atoms with Gasteiger partial charge in [-0.15, -0.1) is 0 Å². The molecule has 0 aromatic heterocycles. The van der Waals surface area contributed by atoms with E-state index in [-0.39, 0.29) is 0 Å². The van der Waals surface area contributed by atoms with Crippen molar-refractivity contribution in [3.63, 3.8) is 0 Å². The number of nitrogens with zero attached hydrogens (tertiary/aromatic N) is 2. The van der Waals surface area contributed by atoms with Crippen LogP contribution in [0.3, 0.4) is 0 Å². The summed E-state index contributed by atoms with van der Waals surface area (Å²) in [6, 6.07) is 15.0. The van der Waals surface area contributed by atoms with E-state index in [1.54, 1.807) is 53.4 Å². The maximum Gasteiger partial charge on any atom is 0.329 e. The Kier molecular flexibility index (Phi) is 4.50. The Morgan fingerprint density at radius 3 is 2.30 bits per heavy atom. The van der Waals surface area contributed by atoms with Crippen LogP contribution in [0.1, 0.15) is 18.4 Å². The van der Waals surface area contributed by atoms with Gasteiger partial charge in [-0.05, 0) is 18.2 Å². The summed E-state index contributed by atoms with van der Waals surface area (Å²) in [7, 11) is 0. The third kappa shape index (κ3) is 2.87. The van der Waals surface area contributed by atoms with Crippen molar-refractivity contribution in [2.24, 2.45) is 0 Å². The molecule has 1 spiro atoms. The van der Waals surface area contributed by atoms with Crippen molar-refractivity contribution in [1.82, 2.24) is 4.90 Å². The predicted molar refractivity (Wildman–Crippen MR) is 109 cm³/mol. The first-order chi connectivity index (χ1) is 14.5. The highest BCUT2D eigenvalue weighted by Crippen LogP contribution is 2.42. The van der Waals surface area contributed by atoms with E-state index in [1.165, 1.54) is 0 Å². The first-order valence-corrected chi connectivity index (χ1v) is 10.1. The third-order valence-electron chi connectivity index (χ3n) is 6.01. The Hall–Kier alpha value is -2.94. The number of fused-ring (bicyclic) bond motifs is 1. The molecule has 156 valence electrons. The monoisotopic (exact) mass is 409 g/mol. The summed E-state index contributed by atoms with van der Waals surface area (Å²) in [5, 5.41) is 14.7. The standard InChI is InChI=1S/C22H23N3O5/c26-19(24-12-10-21(11-13-24)29-14-15-30-21)22(28)17-8-4-5-9-18(17)23-20(27)25(22)16-6-2-1-3-7-16/h1-9,28H,10-15H2,(H,23,27)/t22-/m0/s1. The minimum Gasteiger partial charge on any atom is -0.359 e. The number of nitrogens with one attached hydrogen (secondary N) is 1. The lowest BCUT2D eigenvalue weighted by Gasteiger charge is -2.46. The molecule has 0 radical (unpaired) electrons. The Bertz CT molecular complexity index is 966. The van der Waals surface area contributed by atoms with E-state index < -0.39 is 23.5 Å². The Balaban J connectivity index is 1.53. The highest BCUT2D eigenvalue weighted by Gasteiger charge is 2.54. The molecule has 8 nitrogen and oxygen atoms in total. The number of hydrogen-bond acceptors (Lipinski definition) is 5. The van der Waals surface area contributed by atoms with E-state index in [0.29, 0.717) is 56.1 Å². The van der Waals surface area contributed by atoms with Crippen LogP contribution in [-0.4, -0.2) is 54.0 Å². The molecule has 1 atom stereocenters. The molecule has 2 aromatic rings. The van der Waals surface area contributed by atoms with E-state index in [9.17, 15) is 14.7 Å². The highest BCUT2D eigenvalue weighted by molar-refractivity contribution is 6.11. The van der Waals surface area contributed by atoms with Crippen molar-refractivity contribution in [2.75, 3.05) is 36.5 Å². The topological polar surface area (TPSA) is 91.3 Å². The molecule has 0 unspecified atom stereocenters. The van der Waals surface area contributed by atoms with Gasteiger partial charge in [0.1, 0.15) is 0 Å². The molecule has 3 heterocycles. The van der Waals surface area contributed by atoms with Crippen LogP contribution in [0.15, 0.2) is 54.6 Å². The quantitative estimate of drug-likeness (QED) is 0.794. The number of hydrogen-bond donors (Lipinski definition) is 2. The molecule has 2 fully saturated rings. The van der Waals surface area contributed by atoms with Crippen LogP contribution in [0.25, 0.3) is 0 Å². The summed E-state index contributed by atoms with van der Waals surface area (Å²) in [4.78, 5) is 29.5. The van der Waals surface area contributed by atoms with E-state index in [2.05, 4.69) is 5.32 Å². The second kappa shape index (κ2) is 7.09. The van der Waals surface area contributed by atoms with Gasteiger partial charge in [0.2, 0.25) is 0 Å². The molecule has 2 N–H and O–H groups in total. The van der Waals surface area contributed by atoms with Crippen molar-refractivity contribution in [3.8, 4) is 0 Å². The zero-order valence-corrected chi connectivity index (χ0v) is 16.4. The van der Waals surface area contributed by atoms with Crippen LogP contribution < -0.4 is 10.2 Å². The first kappa shape index (κ1) is 19.0. The summed E-state index contributed by atoms with van der Waals surface area (Å²) >= 11 is 0. The summed E-state index contributed by atoms with van der Waals surface area (Å²) in [6.45, 7) is 1.83. The fraction of sp³-hybridized carbons (Fsp3) is 0.364. The maximum absolute atomic E-state index is 13.7. The molecule has 3 amide bonds. The van der Waals surface area contributed by atoms with E-state index in [4.69, 9.17) is 9.47 Å². The molecule has 3 aliphatic rings. The van der Waals surface area contributed by atoms with Gasteiger partial charge in [0.25, 0.3) is 11.6 Å². The van der Waals surface area contributed by atoms with E-state index >= 15 is 0 Å². The average molecular weight is 409 g/mol. The molecule has 2 aromatic carbocycles. The van der Waals surface area contributed by atoms with Crippen molar-refractivity contribution in [2.45, 2.75) is 24.4 Å². The number of benzene rings is 2. The number of para-hydroxylation sites is 2. The minimum atomic E-state index is -2.16. The Morgan fingerprint density at radius 2 is 1.60 bits per heavy atom. The lowest BCUT2D eigenvalue weighted by Crippen LogP contribution is -2.64. The second-order valence-corrected chi connectivity index (χ2v) is 7.72. The number of aliphatic hydroxyl groups is 1. The number of urea groups is 1. The summed E-state index contributed by atoms with van der Waals surface area (Å²) in [5.41, 5.74) is -0.979. The zero-order chi connectivity index (χ0) is 20.8. The van der Waals surface area contributed by atoms with E-state index in [0.717, 1.165) is 4.90 Å². The van der Waals surface area contributed by atoms with Gasteiger partial charge in [-0.1, -0.05) is 36.4 Å². The maximum atomic E-state index is 13.7. The number of amides is 3. The second-order valence-electron chi connectivity index (χ2n) is 7.72. The van der Waals surface area contributed by atoms with Crippen LogP contribution in [0.4, 0.5) is 16.2 Å². The minimum absolute atomic E-state index is 0.340. The van der Waals surface area contributed by atoms with Gasteiger partial charge >= 0.3 is 6.03 Å². The normalized spacial score (nSPS) is 25.2. The number of carbonyl (C=O) groups is 2. The van der Waals surface area contributed by atoms with Crippen LogP contribution in [0.5, 0.6) is 0 Å². The van der Waals surface area contributed by atoms with Crippen LogP contribution in [0.2, 0.25) is 0 Å². The molecule has 3 aliphatic heterocycles. The number of rotatable bonds is 2. The summed E-state index contributed by atoms with van der Waals surface area (Å²) < 4.78 is 11.5. The molecule has 2 saturated heterocycles. The van der Waals surface area contributed by atoms with Crippen LogP contribution in [0, 0.1) is 0 Å². The predicted octanol–water partition coefficient (Wildman–Crippen LogP) is 2.25. The molecule has 30 heavy (non-hydrogen) atoms. The number of anilines is 2. The SMILES string of the molecule is O=C1Nc2ccccc2[C@](O)(C(=O)N2CCC3(CC2)OCCO3)N1c1ccccc1. The van der Waals surface area contributed by atoms with Crippen LogP contribution in [-0.2, 0) is 20.0 Å². The third-order valence-corrected chi connectivity index (χ3v) is 6.01. The Labute approximate surface area is 174 Å². The molecule has 0 bridgehead atoms. The molecular weight excluding hydrogens is 386 g/mol. The van der Waals surface area contributed by atoms with Gasteiger partial charge in [-0.2, -0.15) is 0 Å². The molecule has 5 rings (SSSR count). The van der Waals surface area contributed by atoms with Gasteiger partial charge in [0.05, 0.1) is 18.9 Å². The first-order valence-electron chi connectivity index (χ1n) is 10.1. The van der Waals surface area contributed by atoms with E-state index in [1.807, 2.05) is 6.07 Å². The van der Waals surface area contributed by atoms with Gasteiger partial charge in [-0.25, -0.2) is 4.79 Å². The number of ether oxygens (including phenoxy) is 2. The average Bonchev–Trinajstić information content (AvgIpc) is 3.22. The molecule has 0 aliphatic carbocycles. The fourth-order valence-corrected chi connectivity index (χ4v) is 4.48. The number of piperidine rings is 1. The molecular formula is C22H23N3O5. The van der Waals surface area contributed by atoms with Gasteiger partial charge in [0, 0.05) is 37.2 Å². The number of carbonyl (C=O) groups excluding carboxylic acids is 2. The summed E-state index contributed by atoms with van der Waals surface area (Å²) in [6.07, 6.45) is 1.04. The van der Waals surface area contributed by atoms with Gasteiger partial charge < -0.3 is 24.8 Å². The fourth-order valence-electron chi connectivity index (χ4n) is 4.48. The van der Waals surface area contributed by atoms with Crippen LogP contribution >= 0.6 is 0 Å². The smallest absolute Gasteiger partial charge is 0.329 e.